The lowest BCUT2D eigenvalue weighted by Crippen LogP contribution is -2.23. The van der Waals surface area contributed by atoms with Crippen LogP contribution in [0.3, 0.4) is 0 Å². The van der Waals surface area contributed by atoms with Crippen LogP contribution in [0.15, 0.2) is 54.6 Å². The normalized spacial score (nSPS) is 11.4. The fourth-order valence-electron chi connectivity index (χ4n) is 2.35. The number of hydroxylamine groups is 2. The first-order valence-corrected chi connectivity index (χ1v) is 7.19. The Bertz CT molecular complexity index is 690. The summed E-state index contributed by atoms with van der Waals surface area (Å²) < 4.78 is 0. The van der Waals surface area contributed by atoms with Crippen molar-refractivity contribution in [3.05, 3.63) is 76.9 Å². The van der Waals surface area contributed by atoms with Crippen LogP contribution in [0.25, 0.3) is 5.57 Å². The molecule has 3 heteroatoms. The number of nitrogens with zero attached hydrogens (tertiary/aromatic N) is 1. The van der Waals surface area contributed by atoms with Crippen molar-refractivity contribution in [2.75, 3.05) is 14.2 Å². The number of hydrogen-bond donors (Lipinski definition) is 0. The monoisotopic (exact) mass is 295 g/mol. The molecule has 0 fully saturated rings. The van der Waals surface area contributed by atoms with Crippen molar-refractivity contribution >= 4 is 11.5 Å². The summed E-state index contributed by atoms with van der Waals surface area (Å²) in [5, 5.41) is 1.21. The van der Waals surface area contributed by atoms with Gasteiger partial charge in [0, 0.05) is 13.1 Å². The van der Waals surface area contributed by atoms with Crippen LogP contribution in [-0.2, 0) is 9.63 Å². The van der Waals surface area contributed by atoms with Crippen LogP contribution in [0, 0.1) is 13.8 Å². The van der Waals surface area contributed by atoms with Gasteiger partial charge >= 0.3 is 0 Å². The van der Waals surface area contributed by atoms with Crippen molar-refractivity contribution in [3.63, 3.8) is 0 Å². The van der Waals surface area contributed by atoms with Gasteiger partial charge in [0.15, 0.2) is 0 Å². The number of likely N-dealkylation sites (N-methyl/N-ethyl adjacent to an activating group) is 1. The Labute approximate surface area is 131 Å². The number of carbonyl (C=O) groups is 1. The molecule has 114 valence electrons. The minimum Gasteiger partial charge on any atom is -0.274 e. The highest BCUT2D eigenvalue weighted by atomic mass is 16.7. The molecule has 0 aliphatic heterocycles. The van der Waals surface area contributed by atoms with E-state index in [1.165, 1.54) is 17.7 Å². The second-order valence-electron chi connectivity index (χ2n) is 5.26. The molecule has 0 atom stereocenters. The van der Waals surface area contributed by atoms with Gasteiger partial charge in [0.2, 0.25) is 0 Å². The molecule has 0 saturated carbocycles. The maximum atomic E-state index is 12.2. The Balaban J connectivity index is 2.56. The maximum absolute atomic E-state index is 12.2. The van der Waals surface area contributed by atoms with Gasteiger partial charge in [-0.3, -0.25) is 9.63 Å². The van der Waals surface area contributed by atoms with Crippen LogP contribution < -0.4 is 0 Å². The third-order valence-corrected chi connectivity index (χ3v) is 3.61. The van der Waals surface area contributed by atoms with Crippen LogP contribution in [-0.4, -0.2) is 25.1 Å². The van der Waals surface area contributed by atoms with Crippen molar-refractivity contribution in [2.45, 2.75) is 13.8 Å². The fraction of sp³-hybridized carbons (Fsp3) is 0.211. The minimum atomic E-state index is -0.193. The molecule has 2 rings (SSSR count). The molecule has 2 aromatic rings. The number of hydrogen-bond acceptors (Lipinski definition) is 2. The zero-order valence-electron chi connectivity index (χ0n) is 13.5. The SMILES string of the molecule is CON(C)C(=O)/C=C(\c1ccccc1)c1ccc(C)cc1C. The van der Waals surface area contributed by atoms with Crippen LogP contribution in [0.1, 0.15) is 22.3 Å². The minimum absolute atomic E-state index is 0.193. The summed E-state index contributed by atoms with van der Waals surface area (Å²) in [6, 6.07) is 16.2. The summed E-state index contributed by atoms with van der Waals surface area (Å²) in [6.45, 7) is 4.12. The summed E-state index contributed by atoms with van der Waals surface area (Å²) in [5.74, 6) is -0.193. The van der Waals surface area contributed by atoms with E-state index in [-0.39, 0.29) is 5.91 Å². The smallest absolute Gasteiger partial charge is 0.270 e. The van der Waals surface area contributed by atoms with Crippen molar-refractivity contribution in [1.29, 1.82) is 0 Å². The van der Waals surface area contributed by atoms with E-state index in [0.29, 0.717) is 0 Å². The molecule has 3 nitrogen and oxygen atoms in total. The third kappa shape index (κ3) is 3.62. The van der Waals surface area contributed by atoms with Crippen molar-refractivity contribution in [1.82, 2.24) is 5.06 Å². The van der Waals surface area contributed by atoms with Gasteiger partial charge in [0.05, 0.1) is 7.11 Å². The zero-order chi connectivity index (χ0) is 16.1. The zero-order valence-corrected chi connectivity index (χ0v) is 13.5. The molecular weight excluding hydrogens is 274 g/mol. The second kappa shape index (κ2) is 7.05. The van der Waals surface area contributed by atoms with E-state index in [9.17, 15) is 4.79 Å². The Hall–Kier alpha value is -2.39. The predicted octanol–water partition coefficient (Wildman–Crippen LogP) is 3.75. The first-order chi connectivity index (χ1) is 10.5. The van der Waals surface area contributed by atoms with Crippen molar-refractivity contribution in [2.24, 2.45) is 0 Å². The molecular formula is C19H21NO2. The van der Waals surface area contributed by atoms with E-state index in [2.05, 4.69) is 32.0 Å². The standard InChI is InChI=1S/C19H21NO2/c1-14-10-11-17(15(2)12-14)18(13-19(21)20(3)22-4)16-8-6-5-7-9-16/h5-13H,1-4H3/b18-13+. The molecule has 0 unspecified atom stereocenters. The van der Waals surface area contributed by atoms with Crippen LogP contribution in [0.2, 0.25) is 0 Å². The molecule has 0 aromatic heterocycles. The quantitative estimate of drug-likeness (QED) is 0.635. The van der Waals surface area contributed by atoms with Crippen molar-refractivity contribution in [3.8, 4) is 0 Å². The molecule has 22 heavy (non-hydrogen) atoms. The van der Waals surface area contributed by atoms with Gasteiger partial charge in [-0.15, -0.1) is 0 Å². The molecule has 0 saturated heterocycles. The Morgan fingerprint density at radius 1 is 1.09 bits per heavy atom. The molecule has 2 aromatic carbocycles. The lowest BCUT2D eigenvalue weighted by atomic mass is 9.93. The van der Waals surface area contributed by atoms with Gasteiger partial charge in [-0.25, -0.2) is 5.06 Å². The number of carbonyl (C=O) groups excluding carboxylic acids is 1. The number of rotatable bonds is 4. The van der Waals surface area contributed by atoms with E-state index in [1.54, 1.807) is 13.1 Å². The molecule has 0 aliphatic carbocycles. The second-order valence-corrected chi connectivity index (χ2v) is 5.26. The lowest BCUT2D eigenvalue weighted by molar-refractivity contribution is -0.162. The molecule has 0 bridgehead atoms. The van der Waals surface area contributed by atoms with E-state index >= 15 is 0 Å². The summed E-state index contributed by atoms with van der Waals surface area (Å²) in [7, 11) is 3.08. The summed E-state index contributed by atoms with van der Waals surface area (Å²) in [4.78, 5) is 17.2. The maximum Gasteiger partial charge on any atom is 0.270 e. The summed E-state index contributed by atoms with van der Waals surface area (Å²) in [6.07, 6.45) is 1.62. The molecule has 0 aliphatic rings. The topological polar surface area (TPSA) is 29.5 Å². The number of aryl methyl sites for hydroxylation is 2. The van der Waals surface area contributed by atoms with Gasteiger partial charge in [-0.05, 0) is 36.1 Å². The Morgan fingerprint density at radius 3 is 2.36 bits per heavy atom. The average Bonchev–Trinajstić information content (AvgIpc) is 2.53. The van der Waals surface area contributed by atoms with Gasteiger partial charge in [-0.2, -0.15) is 0 Å². The molecule has 0 heterocycles. The molecule has 0 radical (unpaired) electrons. The van der Waals surface area contributed by atoms with Gasteiger partial charge in [-0.1, -0.05) is 54.1 Å². The van der Waals surface area contributed by atoms with E-state index in [0.717, 1.165) is 22.3 Å². The van der Waals surface area contributed by atoms with E-state index < -0.39 is 0 Å². The van der Waals surface area contributed by atoms with Crippen LogP contribution in [0.5, 0.6) is 0 Å². The largest absolute Gasteiger partial charge is 0.274 e. The van der Waals surface area contributed by atoms with Crippen molar-refractivity contribution < 1.29 is 9.63 Å². The highest BCUT2D eigenvalue weighted by Crippen LogP contribution is 2.27. The lowest BCUT2D eigenvalue weighted by Gasteiger charge is -2.15. The highest BCUT2D eigenvalue weighted by molar-refractivity contribution is 5.99. The first-order valence-electron chi connectivity index (χ1n) is 7.19. The Kier molecular flexibility index (Phi) is 5.12. The van der Waals surface area contributed by atoms with Crippen LogP contribution in [0.4, 0.5) is 0 Å². The summed E-state index contributed by atoms with van der Waals surface area (Å²) >= 11 is 0. The van der Waals surface area contributed by atoms with Crippen LogP contribution >= 0.6 is 0 Å². The van der Waals surface area contributed by atoms with Gasteiger partial charge < -0.3 is 0 Å². The number of amides is 1. The molecule has 0 spiro atoms. The van der Waals surface area contributed by atoms with Gasteiger partial charge in [0.25, 0.3) is 5.91 Å². The highest BCUT2D eigenvalue weighted by Gasteiger charge is 2.12. The average molecular weight is 295 g/mol. The summed E-state index contributed by atoms with van der Waals surface area (Å²) in [5.41, 5.74) is 5.30. The van der Waals surface area contributed by atoms with Gasteiger partial charge in [0.1, 0.15) is 0 Å². The van der Waals surface area contributed by atoms with E-state index in [1.807, 2.05) is 30.3 Å². The number of benzene rings is 2. The molecule has 1 amide bonds. The predicted molar refractivity (Wildman–Crippen MR) is 89.2 cm³/mol. The first kappa shape index (κ1) is 16.0. The van der Waals surface area contributed by atoms with E-state index in [4.69, 9.17) is 4.84 Å². The Morgan fingerprint density at radius 2 is 1.77 bits per heavy atom. The molecule has 0 N–H and O–H groups in total. The third-order valence-electron chi connectivity index (χ3n) is 3.61. The fourth-order valence-corrected chi connectivity index (χ4v) is 2.35.